The largest absolute Gasteiger partial charge is 0.356 e. The van der Waals surface area contributed by atoms with Crippen LogP contribution in [0.3, 0.4) is 0 Å². The van der Waals surface area contributed by atoms with Gasteiger partial charge in [-0.2, -0.15) is 8.42 Å². The number of nitrogens with one attached hydrogen (secondary N) is 1. The first-order valence-electron chi connectivity index (χ1n) is 4.53. The van der Waals surface area contributed by atoms with Gasteiger partial charge in [0.25, 0.3) is 10.1 Å². The Labute approximate surface area is 84.6 Å². The molecule has 0 saturated carbocycles. The smallest absolute Gasteiger partial charge is 0.264 e. The van der Waals surface area contributed by atoms with Crippen LogP contribution in [0.15, 0.2) is 0 Å². The molecule has 0 aliphatic heterocycles. The zero-order valence-corrected chi connectivity index (χ0v) is 9.30. The van der Waals surface area contributed by atoms with Crippen LogP contribution in [0.4, 0.5) is 0 Å². The van der Waals surface area contributed by atoms with Gasteiger partial charge in [-0.3, -0.25) is 9.35 Å². The highest BCUT2D eigenvalue weighted by Gasteiger charge is 2.06. The van der Waals surface area contributed by atoms with Gasteiger partial charge in [0.05, 0.1) is 5.75 Å². The van der Waals surface area contributed by atoms with Crippen molar-refractivity contribution in [3.63, 3.8) is 0 Å². The zero-order chi connectivity index (χ0) is 11.2. The molecule has 0 saturated heterocycles. The van der Waals surface area contributed by atoms with Crippen LogP contribution >= 0.6 is 0 Å². The Balaban J connectivity index is 3.51. The van der Waals surface area contributed by atoms with Crippen molar-refractivity contribution in [2.45, 2.75) is 26.7 Å². The molecule has 5 nitrogen and oxygen atoms in total. The van der Waals surface area contributed by atoms with E-state index in [1.54, 1.807) is 0 Å². The van der Waals surface area contributed by atoms with Gasteiger partial charge in [0.15, 0.2) is 0 Å². The molecule has 0 aliphatic carbocycles. The van der Waals surface area contributed by atoms with E-state index in [4.69, 9.17) is 4.55 Å². The Bertz CT molecular complexity index is 271. The third-order valence-electron chi connectivity index (χ3n) is 1.49. The second-order valence-electron chi connectivity index (χ2n) is 3.59. The maximum atomic E-state index is 11.1. The number of carbonyl (C=O) groups excluding carboxylic acids is 1. The van der Waals surface area contributed by atoms with Crippen LogP contribution in [0.2, 0.25) is 0 Å². The molecule has 0 fully saturated rings. The summed E-state index contributed by atoms with van der Waals surface area (Å²) in [6.07, 6.45) is 0.675. The SMILES string of the molecule is CC(C)CC(=O)NCCCS(=O)(=O)O. The topological polar surface area (TPSA) is 83.5 Å². The molecular formula is C8H17NO4S. The van der Waals surface area contributed by atoms with E-state index < -0.39 is 10.1 Å². The molecule has 0 aromatic carbocycles. The second kappa shape index (κ2) is 5.98. The fourth-order valence-corrected chi connectivity index (χ4v) is 1.43. The molecule has 0 bridgehead atoms. The van der Waals surface area contributed by atoms with Crippen molar-refractivity contribution in [2.24, 2.45) is 5.92 Å². The van der Waals surface area contributed by atoms with Crippen LogP contribution in [0.1, 0.15) is 26.7 Å². The van der Waals surface area contributed by atoms with E-state index in [0.29, 0.717) is 6.42 Å². The molecule has 0 aromatic rings. The van der Waals surface area contributed by atoms with Crippen molar-refractivity contribution >= 4 is 16.0 Å². The van der Waals surface area contributed by atoms with E-state index >= 15 is 0 Å². The molecule has 14 heavy (non-hydrogen) atoms. The number of hydrogen-bond acceptors (Lipinski definition) is 3. The molecule has 0 unspecified atom stereocenters. The van der Waals surface area contributed by atoms with Crippen molar-refractivity contribution in [1.82, 2.24) is 5.32 Å². The van der Waals surface area contributed by atoms with E-state index in [2.05, 4.69) is 5.32 Å². The van der Waals surface area contributed by atoms with Crippen LogP contribution in [0.25, 0.3) is 0 Å². The molecule has 0 rings (SSSR count). The average molecular weight is 223 g/mol. The van der Waals surface area contributed by atoms with Crippen LogP contribution < -0.4 is 5.32 Å². The molecule has 2 N–H and O–H groups in total. The second-order valence-corrected chi connectivity index (χ2v) is 5.16. The minimum atomic E-state index is -3.90. The first kappa shape index (κ1) is 13.4. The number of carbonyl (C=O) groups is 1. The van der Waals surface area contributed by atoms with Crippen LogP contribution in [-0.2, 0) is 14.9 Å². The molecule has 0 heterocycles. The minimum absolute atomic E-state index is 0.0877. The predicted molar refractivity (Wildman–Crippen MR) is 53.5 cm³/mol. The summed E-state index contributed by atoms with van der Waals surface area (Å²) >= 11 is 0. The summed E-state index contributed by atoms with van der Waals surface area (Å²) in [5, 5.41) is 2.57. The lowest BCUT2D eigenvalue weighted by Crippen LogP contribution is -2.26. The van der Waals surface area contributed by atoms with Gasteiger partial charge in [0.2, 0.25) is 5.91 Å². The van der Waals surface area contributed by atoms with Crippen molar-refractivity contribution < 1.29 is 17.8 Å². The molecule has 6 heteroatoms. The standard InChI is InChI=1S/C8H17NO4S/c1-7(2)6-8(10)9-4-3-5-14(11,12)13/h7H,3-6H2,1-2H3,(H,9,10)(H,11,12,13). The number of hydrogen-bond donors (Lipinski definition) is 2. The van der Waals surface area contributed by atoms with E-state index in [9.17, 15) is 13.2 Å². The number of rotatable bonds is 6. The quantitative estimate of drug-likeness (QED) is 0.505. The first-order chi connectivity index (χ1) is 6.31. The molecule has 0 aromatic heterocycles. The Morgan fingerprint density at radius 3 is 2.43 bits per heavy atom. The van der Waals surface area contributed by atoms with Gasteiger partial charge in [0.1, 0.15) is 0 Å². The summed E-state index contributed by atoms with van der Waals surface area (Å²) in [5.41, 5.74) is 0. The van der Waals surface area contributed by atoms with Gasteiger partial charge in [-0.1, -0.05) is 13.8 Å². The van der Waals surface area contributed by atoms with Crippen LogP contribution in [0, 0.1) is 5.92 Å². The third kappa shape index (κ3) is 9.47. The summed E-state index contributed by atoms with van der Waals surface area (Å²) in [5.74, 6) is -0.110. The first-order valence-corrected chi connectivity index (χ1v) is 6.14. The van der Waals surface area contributed by atoms with Crippen LogP contribution in [0.5, 0.6) is 0 Å². The highest BCUT2D eigenvalue weighted by molar-refractivity contribution is 7.85. The maximum Gasteiger partial charge on any atom is 0.264 e. The molecule has 0 atom stereocenters. The molecule has 0 spiro atoms. The van der Waals surface area contributed by atoms with Crippen molar-refractivity contribution in [2.75, 3.05) is 12.3 Å². The summed E-state index contributed by atoms with van der Waals surface area (Å²) in [4.78, 5) is 11.1. The van der Waals surface area contributed by atoms with E-state index in [0.717, 1.165) is 0 Å². The average Bonchev–Trinajstić information content (AvgIpc) is 1.95. The van der Waals surface area contributed by atoms with E-state index in [-0.39, 0.29) is 30.5 Å². The molecule has 1 amide bonds. The van der Waals surface area contributed by atoms with Gasteiger partial charge < -0.3 is 5.32 Å². The van der Waals surface area contributed by atoms with E-state index in [1.807, 2.05) is 13.8 Å². The lowest BCUT2D eigenvalue weighted by molar-refractivity contribution is -0.121. The van der Waals surface area contributed by atoms with Crippen molar-refractivity contribution in [3.8, 4) is 0 Å². The molecule has 0 radical (unpaired) electrons. The van der Waals surface area contributed by atoms with E-state index in [1.165, 1.54) is 0 Å². The minimum Gasteiger partial charge on any atom is -0.356 e. The number of amides is 1. The Hall–Kier alpha value is -0.620. The maximum absolute atomic E-state index is 11.1. The lowest BCUT2D eigenvalue weighted by atomic mass is 10.1. The van der Waals surface area contributed by atoms with Gasteiger partial charge in [-0.05, 0) is 12.3 Å². The summed E-state index contributed by atoms with van der Waals surface area (Å²) in [7, 11) is -3.90. The van der Waals surface area contributed by atoms with Crippen molar-refractivity contribution in [1.29, 1.82) is 0 Å². The van der Waals surface area contributed by atoms with Gasteiger partial charge >= 0.3 is 0 Å². The van der Waals surface area contributed by atoms with Crippen molar-refractivity contribution in [3.05, 3.63) is 0 Å². The molecule has 84 valence electrons. The summed E-state index contributed by atoms with van der Waals surface area (Å²) in [6, 6.07) is 0. The molecule has 0 aliphatic rings. The zero-order valence-electron chi connectivity index (χ0n) is 8.49. The third-order valence-corrected chi connectivity index (χ3v) is 2.30. The van der Waals surface area contributed by atoms with Gasteiger partial charge in [-0.25, -0.2) is 0 Å². The monoisotopic (exact) mass is 223 g/mol. The predicted octanol–water partition coefficient (Wildman–Crippen LogP) is 0.427. The van der Waals surface area contributed by atoms with Gasteiger partial charge in [0, 0.05) is 13.0 Å². The van der Waals surface area contributed by atoms with Crippen LogP contribution in [-0.4, -0.2) is 31.2 Å². The lowest BCUT2D eigenvalue weighted by Gasteiger charge is -2.05. The Morgan fingerprint density at radius 1 is 1.43 bits per heavy atom. The highest BCUT2D eigenvalue weighted by atomic mass is 32.2. The normalized spacial score (nSPS) is 11.7. The Morgan fingerprint density at radius 2 is 2.00 bits per heavy atom. The molecular weight excluding hydrogens is 206 g/mol. The highest BCUT2D eigenvalue weighted by Crippen LogP contribution is 1.98. The summed E-state index contributed by atoms with van der Waals surface area (Å²) < 4.78 is 29.0. The fraction of sp³-hybridized carbons (Fsp3) is 0.875. The fourth-order valence-electron chi connectivity index (χ4n) is 0.925. The Kier molecular flexibility index (Phi) is 5.71. The van der Waals surface area contributed by atoms with Gasteiger partial charge in [-0.15, -0.1) is 0 Å². The summed E-state index contributed by atoms with van der Waals surface area (Å²) in [6.45, 7) is 4.14.